The molecule has 35 heavy (non-hydrogen) atoms. The number of unbranched alkanes of at least 4 members (excludes halogenated alkanes) is 1. The zero-order valence-corrected chi connectivity index (χ0v) is 21.5. The minimum absolute atomic E-state index is 0.0709. The van der Waals surface area contributed by atoms with Gasteiger partial charge in [-0.3, -0.25) is 0 Å². The van der Waals surface area contributed by atoms with Gasteiger partial charge in [0.2, 0.25) is 0 Å². The molecule has 2 saturated carbocycles. The van der Waals surface area contributed by atoms with E-state index in [9.17, 15) is 13.2 Å². The molecule has 0 bridgehead atoms. The van der Waals surface area contributed by atoms with Crippen molar-refractivity contribution in [3.05, 3.63) is 76.1 Å². The predicted octanol–water partition coefficient (Wildman–Crippen LogP) is 10.1. The summed E-state index contributed by atoms with van der Waals surface area (Å²) < 4.78 is 44.5. The van der Waals surface area contributed by atoms with Crippen LogP contribution in [0.25, 0.3) is 6.08 Å². The van der Waals surface area contributed by atoms with Gasteiger partial charge in [-0.05, 0) is 111 Å². The number of hydrogen-bond acceptors (Lipinski definition) is 0. The zero-order chi connectivity index (χ0) is 24.8. The molecule has 0 aromatic heterocycles. The molecule has 2 aromatic rings. The second-order valence-electron chi connectivity index (χ2n) is 10.9. The molecule has 0 aliphatic heterocycles. The molecule has 0 spiro atoms. The fourth-order valence-corrected chi connectivity index (χ4v) is 6.21. The van der Waals surface area contributed by atoms with Crippen LogP contribution in [0.15, 0.2) is 36.4 Å². The van der Waals surface area contributed by atoms with E-state index in [-0.39, 0.29) is 17.7 Å². The maximum Gasteiger partial charge on any atom is 0.166 e. The highest BCUT2D eigenvalue weighted by atomic mass is 19.2. The van der Waals surface area contributed by atoms with Gasteiger partial charge in [0.1, 0.15) is 5.82 Å². The van der Waals surface area contributed by atoms with E-state index >= 15 is 0 Å². The summed E-state index contributed by atoms with van der Waals surface area (Å²) in [5.41, 5.74) is 2.81. The first-order chi connectivity index (χ1) is 17.0. The highest BCUT2D eigenvalue weighted by Crippen LogP contribution is 2.40. The zero-order valence-electron chi connectivity index (χ0n) is 21.5. The summed E-state index contributed by atoms with van der Waals surface area (Å²) >= 11 is 0. The predicted molar refractivity (Wildman–Crippen MR) is 140 cm³/mol. The van der Waals surface area contributed by atoms with Gasteiger partial charge in [-0.1, -0.05) is 63.1 Å². The number of halogens is 3. The van der Waals surface area contributed by atoms with E-state index in [0.717, 1.165) is 87.7 Å². The molecule has 0 nitrogen and oxygen atoms in total. The molecule has 0 N–H and O–H groups in total. The molecule has 3 heteroatoms. The van der Waals surface area contributed by atoms with Crippen LogP contribution in [-0.2, 0) is 6.42 Å². The maximum absolute atomic E-state index is 14.9. The summed E-state index contributed by atoms with van der Waals surface area (Å²) in [5, 5.41) is 0. The molecule has 4 rings (SSSR count). The summed E-state index contributed by atoms with van der Waals surface area (Å²) in [5.74, 6) is 0.00270. The Balaban J connectivity index is 1.34. The smallest absolute Gasteiger partial charge is 0.166 e. The Labute approximate surface area is 210 Å². The van der Waals surface area contributed by atoms with Crippen LogP contribution in [0.1, 0.15) is 119 Å². The number of rotatable bonds is 8. The van der Waals surface area contributed by atoms with Crippen LogP contribution < -0.4 is 0 Å². The first-order valence-corrected chi connectivity index (χ1v) is 13.9. The van der Waals surface area contributed by atoms with Gasteiger partial charge in [0.05, 0.1) is 0 Å². The van der Waals surface area contributed by atoms with Gasteiger partial charge in [0.25, 0.3) is 0 Å². The molecule has 2 fully saturated rings. The van der Waals surface area contributed by atoms with Crippen LogP contribution in [0.3, 0.4) is 0 Å². The van der Waals surface area contributed by atoms with Gasteiger partial charge in [-0.2, -0.15) is 0 Å². The Hall–Kier alpha value is -2.03. The second kappa shape index (κ2) is 12.3. The van der Waals surface area contributed by atoms with Gasteiger partial charge < -0.3 is 0 Å². The van der Waals surface area contributed by atoms with Crippen LogP contribution in [0, 0.1) is 29.3 Å². The molecule has 0 radical (unpaired) electrons. The Morgan fingerprint density at radius 3 is 2.09 bits per heavy atom. The van der Waals surface area contributed by atoms with Crippen molar-refractivity contribution in [2.75, 3.05) is 0 Å². The standard InChI is InChI=1S/C32H41F3/c1-3-5-6-24-12-19-28(30(33)21-24)25-15-9-23(10-16-25)11-17-27-18-20-29(32(35)31(27)34)26-13-7-22(4-2)8-14-26/h11-12,17-23,25-26H,3-10,13-16H2,1-2H3. The molecular weight excluding hydrogens is 441 g/mol. The third-order valence-corrected chi connectivity index (χ3v) is 8.65. The molecule has 2 aliphatic carbocycles. The van der Waals surface area contributed by atoms with Crippen LogP contribution in [0.2, 0.25) is 0 Å². The highest BCUT2D eigenvalue weighted by molar-refractivity contribution is 5.52. The summed E-state index contributed by atoms with van der Waals surface area (Å²) in [6.07, 6.45) is 16.0. The molecule has 2 aliphatic rings. The lowest BCUT2D eigenvalue weighted by Crippen LogP contribution is -2.14. The van der Waals surface area contributed by atoms with Gasteiger partial charge in [0, 0.05) is 5.56 Å². The number of allylic oxidation sites excluding steroid dienone is 1. The molecule has 0 unspecified atom stereocenters. The first-order valence-electron chi connectivity index (χ1n) is 13.9. The lowest BCUT2D eigenvalue weighted by atomic mass is 9.77. The third kappa shape index (κ3) is 6.40. The van der Waals surface area contributed by atoms with Crippen molar-refractivity contribution in [2.24, 2.45) is 11.8 Å². The van der Waals surface area contributed by atoms with Crippen molar-refractivity contribution < 1.29 is 13.2 Å². The number of aryl methyl sites for hydroxylation is 1. The number of benzene rings is 2. The molecule has 0 saturated heterocycles. The van der Waals surface area contributed by atoms with Crippen molar-refractivity contribution in [1.29, 1.82) is 0 Å². The average Bonchev–Trinajstić information content (AvgIpc) is 2.89. The largest absolute Gasteiger partial charge is 0.207 e. The second-order valence-corrected chi connectivity index (χ2v) is 10.9. The molecule has 0 atom stereocenters. The monoisotopic (exact) mass is 482 g/mol. The van der Waals surface area contributed by atoms with Gasteiger partial charge in [0.15, 0.2) is 11.6 Å². The lowest BCUT2D eigenvalue weighted by molar-refractivity contribution is 0.312. The summed E-state index contributed by atoms with van der Waals surface area (Å²) in [6, 6.07) is 9.33. The first kappa shape index (κ1) is 26.0. The minimum Gasteiger partial charge on any atom is -0.207 e. The van der Waals surface area contributed by atoms with E-state index in [1.54, 1.807) is 24.3 Å². The van der Waals surface area contributed by atoms with E-state index in [2.05, 4.69) is 19.9 Å². The van der Waals surface area contributed by atoms with E-state index in [1.165, 1.54) is 6.42 Å². The van der Waals surface area contributed by atoms with E-state index in [0.29, 0.717) is 17.0 Å². The molecule has 0 amide bonds. The molecule has 190 valence electrons. The fraction of sp³-hybridized carbons (Fsp3) is 0.562. The highest BCUT2D eigenvalue weighted by Gasteiger charge is 2.26. The normalized spacial score (nSPS) is 25.3. The quantitative estimate of drug-likeness (QED) is 0.351. The van der Waals surface area contributed by atoms with Crippen molar-refractivity contribution in [2.45, 2.75) is 103 Å². The number of hydrogen-bond donors (Lipinski definition) is 0. The van der Waals surface area contributed by atoms with E-state index in [1.807, 2.05) is 12.1 Å². The Kier molecular flexibility index (Phi) is 9.14. The maximum atomic E-state index is 14.9. The van der Waals surface area contributed by atoms with Gasteiger partial charge in [-0.15, -0.1) is 0 Å². The third-order valence-electron chi connectivity index (χ3n) is 8.65. The molecular formula is C32H41F3. The summed E-state index contributed by atoms with van der Waals surface area (Å²) in [7, 11) is 0. The lowest BCUT2D eigenvalue weighted by Gasteiger charge is -2.28. The van der Waals surface area contributed by atoms with Crippen molar-refractivity contribution in [3.8, 4) is 0 Å². The van der Waals surface area contributed by atoms with Gasteiger partial charge >= 0.3 is 0 Å². The van der Waals surface area contributed by atoms with Gasteiger partial charge in [-0.25, -0.2) is 13.2 Å². The fourth-order valence-electron chi connectivity index (χ4n) is 6.21. The average molecular weight is 483 g/mol. The van der Waals surface area contributed by atoms with Crippen LogP contribution in [-0.4, -0.2) is 0 Å². The van der Waals surface area contributed by atoms with Crippen molar-refractivity contribution >= 4 is 6.08 Å². The SMILES string of the molecule is CCCCc1ccc(C2CCC(C=Cc3ccc(C4CCC(CC)CC4)c(F)c3F)CC2)c(F)c1. The molecule has 0 heterocycles. The minimum atomic E-state index is -0.713. The van der Waals surface area contributed by atoms with Crippen LogP contribution in [0.5, 0.6) is 0 Å². The van der Waals surface area contributed by atoms with Crippen molar-refractivity contribution in [1.82, 2.24) is 0 Å². The van der Waals surface area contributed by atoms with E-state index in [4.69, 9.17) is 0 Å². The molecule has 2 aromatic carbocycles. The Morgan fingerprint density at radius 2 is 1.43 bits per heavy atom. The Morgan fingerprint density at radius 1 is 0.771 bits per heavy atom. The topological polar surface area (TPSA) is 0 Å². The van der Waals surface area contributed by atoms with Crippen molar-refractivity contribution in [3.63, 3.8) is 0 Å². The van der Waals surface area contributed by atoms with E-state index < -0.39 is 11.6 Å². The van der Waals surface area contributed by atoms with Crippen LogP contribution >= 0.6 is 0 Å². The Bertz CT molecular complexity index is 992. The summed E-state index contributed by atoms with van der Waals surface area (Å²) in [4.78, 5) is 0. The summed E-state index contributed by atoms with van der Waals surface area (Å²) in [6.45, 7) is 4.36. The van der Waals surface area contributed by atoms with Crippen LogP contribution in [0.4, 0.5) is 13.2 Å².